The normalized spacial score (nSPS) is 42.6. The van der Waals surface area contributed by atoms with Crippen molar-refractivity contribution in [3.8, 4) is 0 Å². The summed E-state index contributed by atoms with van der Waals surface area (Å²) in [5.74, 6) is -9.74. The summed E-state index contributed by atoms with van der Waals surface area (Å²) >= 11 is 0. The SMILES string of the molecule is CC(=O)N[C@H]1[C@H](O[C@H]2[C@H](O)[C@@H](O)[C@H](O[C@H]3[C@@H](OS(=O)(=O)O)[C@@H](CO)OC(O)[C@@H]3NC(C)=O)O[C@@H]2C(=O)O)O[C@H](CO)[C@H](OS(=O)(=O)O)[C@@H]1O[C@@H]1O[C@H](C(=O)O)[C@@H](O[C@@H]2O[C@H](COS(=O)(=O)O)[C@H](O)[C@H](O[C@@H]3O[C@H](C(=O)O)[C@@H](O)[C@H](O)[C@H]3O)[C@H]2NC(C)=O)[C@H](O)[C@H]1O. The van der Waals surface area contributed by atoms with Crippen molar-refractivity contribution in [2.45, 2.75) is 205 Å². The summed E-state index contributed by atoms with van der Waals surface area (Å²) in [5.41, 5.74) is 0. The van der Waals surface area contributed by atoms with Crippen LogP contribution in [0.4, 0.5) is 0 Å². The summed E-state index contributed by atoms with van der Waals surface area (Å²) in [4.78, 5) is 75.9. The third kappa shape index (κ3) is 18.5. The van der Waals surface area contributed by atoms with Gasteiger partial charge in [-0.1, -0.05) is 0 Å². The van der Waals surface area contributed by atoms with Gasteiger partial charge in [0.2, 0.25) is 17.7 Å². The number of ether oxygens (including phenoxy) is 11. The van der Waals surface area contributed by atoms with E-state index < -0.39 is 271 Å². The number of carboxylic acid groups (broad SMARTS) is 3. The van der Waals surface area contributed by atoms with Crippen LogP contribution in [0.2, 0.25) is 0 Å². The van der Waals surface area contributed by atoms with Crippen LogP contribution in [-0.4, -0.2) is 350 Å². The first kappa shape index (κ1) is 75.6. The molecule has 0 bridgehead atoms. The van der Waals surface area contributed by atoms with Gasteiger partial charge < -0.3 is 140 Å². The zero-order valence-corrected chi connectivity index (χ0v) is 48.8. The monoisotopic (exact) mass is 1400 g/mol. The van der Waals surface area contributed by atoms with Gasteiger partial charge in [-0.15, -0.1) is 0 Å². The fourth-order valence-corrected chi connectivity index (χ4v) is 11.6. The molecule has 0 aromatic rings. The van der Waals surface area contributed by atoms with E-state index in [9.17, 15) is 139 Å². The Labute approximate surface area is 510 Å². The molecule has 6 rings (SSSR count). The quantitative estimate of drug-likeness (QED) is 0.0377. The van der Waals surface area contributed by atoms with Gasteiger partial charge in [0, 0.05) is 20.8 Å². The number of rotatable bonds is 25. The van der Waals surface area contributed by atoms with Crippen molar-refractivity contribution in [1.29, 1.82) is 0 Å². The molecule has 0 saturated carbocycles. The number of carboxylic acids is 3. The molecule has 0 aromatic carbocycles. The lowest BCUT2D eigenvalue weighted by atomic mass is 9.93. The van der Waals surface area contributed by atoms with Crippen LogP contribution in [0.3, 0.4) is 0 Å². The van der Waals surface area contributed by atoms with E-state index in [0.29, 0.717) is 0 Å². The molecule has 0 spiro atoms. The number of aliphatic hydroxyl groups is 11. The second-order valence-electron chi connectivity index (χ2n) is 20.6. The highest BCUT2D eigenvalue weighted by Crippen LogP contribution is 2.39. The van der Waals surface area contributed by atoms with Crippen LogP contribution in [0.5, 0.6) is 0 Å². The van der Waals surface area contributed by atoms with Crippen molar-refractivity contribution in [2.24, 2.45) is 0 Å². The Morgan fingerprint density at radius 2 is 0.714 bits per heavy atom. The Morgan fingerprint density at radius 1 is 0.374 bits per heavy atom. The van der Waals surface area contributed by atoms with Crippen molar-refractivity contribution < 1.29 is 204 Å². The molecule has 0 radical (unpaired) electrons. The Morgan fingerprint density at radius 3 is 1.10 bits per heavy atom. The Kier molecular flexibility index (Phi) is 25.3. The number of amides is 3. The summed E-state index contributed by atoms with van der Waals surface area (Å²) in [6, 6.07) is -6.61. The molecule has 49 heteroatoms. The Hall–Kier alpha value is -4.45. The summed E-state index contributed by atoms with van der Waals surface area (Å²) < 4.78 is 175. The maximum absolute atomic E-state index is 13.1. The van der Waals surface area contributed by atoms with E-state index in [0.717, 1.165) is 20.8 Å². The first-order valence-electron chi connectivity index (χ1n) is 26.1. The molecule has 30 atom stereocenters. The van der Waals surface area contributed by atoms with E-state index in [2.05, 4.69) is 24.3 Å². The highest BCUT2D eigenvalue weighted by molar-refractivity contribution is 7.81. The van der Waals surface area contributed by atoms with Crippen molar-refractivity contribution in [3.63, 3.8) is 0 Å². The number of nitrogens with one attached hydrogen (secondary N) is 3. The fraction of sp³-hybridized carbons (Fsp3) is 0.857. The van der Waals surface area contributed by atoms with Gasteiger partial charge in [-0.05, 0) is 0 Å². The number of aliphatic carboxylic acids is 3. The summed E-state index contributed by atoms with van der Waals surface area (Å²) in [5, 5.41) is 158. The molecule has 0 aliphatic carbocycles. The first-order valence-corrected chi connectivity index (χ1v) is 30.1. The zero-order valence-electron chi connectivity index (χ0n) is 46.4. The van der Waals surface area contributed by atoms with E-state index in [-0.39, 0.29) is 0 Å². The molecule has 6 aliphatic rings. The molecular formula is C42H65N3O43S3. The van der Waals surface area contributed by atoms with Crippen molar-refractivity contribution >= 4 is 66.8 Å². The topological polar surface area (TPSA) is 714 Å². The van der Waals surface area contributed by atoms with E-state index in [1.54, 1.807) is 0 Å². The van der Waals surface area contributed by atoms with Crippen molar-refractivity contribution in [1.82, 2.24) is 16.0 Å². The molecular weight excluding hydrogens is 1330 g/mol. The number of carbonyl (C=O) groups excluding carboxylic acids is 3. The third-order valence-electron chi connectivity index (χ3n) is 14.1. The van der Waals surface area contributed by atoms with Gasteiger partial charge in [0.15, 0.2) is 56.1 Å². The van der Waals surface area contributed by atoms with Crippen LogP contribution in [0.15, 0.2) is 0 Å². The second-order valence-corrected chi connectivity index (χ2v) is 23.8. The predicted octanol–water partition coefficient (Wildman–Crippen LogP) is -13.9. The lowest BCUT2D eigenvalue weighted by Gasteiger charge is -2.51. The molecule has 1 unspecified atom stereocenters. The van der Waals surface area contributed by atoms with Gasteiger partial charge in [0.1, 0.15) is 128 Å². The minimum atomic E-state index is -5.86. The van der Waals surface area contributed by atoms with Crippen LogP contribution in [0.1, 0.15) is 20.8 Å². The van der Waals surface area contributed by atoms with Crippen LogP contribution >= 0.6 is 0 Å². The Balaban J connectivity index is 1.34. The van der Waals surface area contributed by atoms with Gasteiger partial charge in [0.05, 0.1) is 19.8 Å². The lowest BCUT2D eigenvalue weighted by molar-refractivity contribution is -0.375. The number of carbonyl (C=O) groups is 6. The van der Waals surface area contributed by atoms with E-state index >= 15 is 0 Å². The van der Waals surface area contributed by atoms with Crippen LogP contribution in [0.25, 0.3) is 0 Å². The largest absolute Gasteiger partial charge is 0.479 e. The molecule has 91 heavy (non-hydrogen) atoms. The molecule has 6 heterocycles. The van der Waals surface area contributed by atoms with Gasteiger partial charge in [-0.3, -0.25) is 28.0 Å². The maximum Gasteiger partial charge on any atom is 0.397 e. The molecule has 6 saturated heterocycles. The van der Waals surface area contributed by atoms with Gasteiger partial charge in [-0.25, -0.2) is 26.9 Å². The average Bonchev–Trinajstić information content (AvgIpc) is 0.776. The van der Waals surface area contributed by atoms with Gasteiger partial charge in [-0.2, -0.15) is 25.3 Å². The highest BCUT2D eigenvalue weighted by atomic mass is 32.3. The lowest BCUT2D eigenvalue weighted by Crippen LogP contribution is -2.71. The van der Waals surface area contributed by atoms with Gasteiger partial charge >= 0.3 is 49.1 Å². The molecule has 20 N–H and O–H groups in total. The summed E-state index contributed by atoms with van der Waals surface area (Å²) in [7, 11) is -16.9. The number of hydrogen-bond acceptors (Lipinski definition) is 37. The van der Waals surface area contributed by atoms with Crippen molar-refractivity contribution in [2.75, 3.05) is 19.8 Å². The molecule has 6 fully saturated rings. The first-order chi connectivity index (χ1) is 42.1. The predicted molar refractivity (Wildman–Crippen MR) is 267 cm³/mol. The van der Waals surface area contributed by atoms with E-state index in [1.165, 1.54) is 0 Å². The molecule has 0 aromatic heterocycles. The van der Waals surface area contributed by atoms with E-state index in [4.69, 9.17) is 56.3 Å². The van der Waals surface area contributed by atoms with Crippen LogP contribution in [0, 0.1) is 0 Å². The number of hydrogen-bond donors (Lipinski definition) is 20. The summed E-state index contributed by atoms with van der Waals surface area (Å²) in [6.07, 6.45) is -67.7. The molecule has 3 amide bonds. The molecule has 46 nitrogen and oxygen atoms in total. The number of aliphatic hydroxyl groups excluding tert-OH is 11. The Bertz CT molecular complexity index is 2920. The molecule has 6 aliphatic heterocycles. The minimum Gasteiger partial charge on any atom is -0.479 e. The van der Waals surface area contributed by atoms with Crippen LogP contribution in [-0.2, 0) is 125 Å². The van der Waals surface area contributed by atoms with Crippen LogP contribution < -0.4 is 16.0 Å². The van der Waals surface area contributed by atoms with Crippen molar-refractivity contribution in [3.05, 3.63) is 0 Å². The summed E-state index contributed by atoms with van der Waals surface area (Å²) in [6.45, 7) is -1.86. The third-order valence-corrected chi connectivity index (χ3v) is 15.5. The zero-order chi connectivity index (χ0) is 68.4. The fourth-order valence-electron chi connectivity index (χ4n) is 10.3. The standard InChI is InChI=1S/C42H65N3O43S3/c1-7(48)43-13-27(24(87-90(69,70)71)10(4-46)76-37(13)65)80-41-22(57)19(54)30(33(85-41)36(63)64)83-39-15(45-9(3)50)28(25(11(5-47)77-39)88-91(72,73)74)81-42-23(58)20(55)29(32(86-42)35(61)62)82-38-14(44-8(2)49)26(16(51)12(78-38)6-75-89(66,67)68)79-40-21(56)17(52)18(53)31(84-40)34(59)60/h10-33,37-42,46-47,51-58,65H,4-6H2,1-3H3,(H,43,48)(H,44,49)(H,45,50)(H,59,60)(H,61,62)(H,63,64)(H,66,67,68)(H,69,70,71)(H,72,73,74)/t10-,11-,12-,13-,14-,15-,16+,17+,18+,19-,20-,21-,22-,23-,24+,25+,26-,27-,28-,29+,30+,31+,32+,33+,37?,38+,39+,40-,41-,42-/m1/s1. The average molecular weight is 1400 g/mol. The smallest absolute Gasteiger partial charge is 0.397 e. The second kappa shape index (κ2) is 30.5. The maximum atomic E-state index is 13.1. The minimum absolute atomic E-state index is 0.718. The van der Waals surface area contributed by atoms with E-state index in [1.807, 2.05) is 0 Å². The highest BCUT2D eigenvalue weighted by Gasteiger charge is 2.61. The van der Waals surface area contributed by atoms with Gasteiger partial charge in [0.25, 0.3) is 0 Å². The molecule has 524 valence electrons.